The second kappa shape index (κ2) is 5.90. The molecule has 2 aliphatic heterocycles. The topological polar surface area (TPSA) is 90.5 Å². The van der Waals surface area contributed by atoms with E-state index in [4.69, 9.17) is 9.84 Å². The average Bonchev–Trinajstić information content (AvgIpc) is 3.06. The maximum Gasteiger partial charge on any atom is 0.269 e. The Morgan fingerprint density at radius 2 is 2.50 bits per heavy atom. The molecule has 7 nitrogen and oxygen atoms in total. The van der Waals surface area contributed by atoms with Gasteiger partial charge in [0.25, 0.3) is 5.91 Å². The molecule has 1 aromatic heterocycles. The summed E-state index contributed by atoms with van der Waals surface area (Å²) in [5.41, 5.74) is 0.490. The maximum atomic E-state index is 12.0. The Labute approximate surface area is 117 Å². The summed E-state index contributed by atoms with van der Waals surface area (Å²) in [5, 5.41) is 12.0. The summed E-state index contributed by atoms with van der Waals surface area (Å²) < 4.78 is 5.73. The van der Waals surface area contributed by atoms with Gasteiger partial charge in [0.05, 0.1) is 25.2 Å². The van der Waals surface area contributed by atoms with E-state index >= 15 is 0 Å². The molecule has 7 heteroatoms. The molecule has 2 aliphatic rings. The first-order chi connectivity index (χ1) is 9.76. The van der Waals surface area contributed by atoms with Crippen LogP contribution in [0.2, 0.25) is 0 Å². The monoisotopic (exact) mass is 280 g/mol. The van der Waals surface area contributed by atoms with Crippen molar-refractivity contribution < 1.29 is 14.6 Å². The van der Waals surface area contributed by atoms with E-state index in [0.29, 0.717) is 24.8 Å². The van der Waals surface area contributed by atoms with Gasteiger partial charge in [0.15, 0.2) is 0 Å². The lowest BCUT2D eigenvalue weighted by Crippen LogP contribution is -2.46. The van der Waals surface area contributed by atoms with Crippen LogP contribution in [0.25, 0.3) is 0 Å². The smallest absolute Gasteiger partial charge is 0.269 e. The number of morpholine rings is 1. The number of aromatic nitrogens is 2. The van der Waals surface area contributed by atoms with Gasteiger partial charge in [-0.25, -0.2) is 4.98 Å². The van der Waals surface area contributed by atoms with Crippen molar-refractivity contribution in [2.24, 2.45) is 0 Å². The van der Waals surface area contributed by atoms with Crippen LogP contribution in [0.3, 0.4) is 0 Å². The van der Waals surface area contributed by atoms with Crippen molar-refractivity contribution in [3.63, 3.8) is 0 Å². The molecule has 0 bridgehead atoms. The number of aromatic amines is 1. The fraction of sp³-hybridized carbons (Fsp3) is 0.692. The zero-order valence-corrected chi connectivity index (χ0v) is 11.3. The number of amides is 1. The van der Waals surface area contributed by atoms with Crippen molar-refractivity contribution in [2.75, 3.05) is 26.3 Å². The second-order valence-corrected chi connectivity index (χ2v) is 5.45. The lowest BCUT2D eigenvalue weighted by atomic mass is 10.1. The Kier molecular flexibility index (Phi) is 4.00. The Balaban J connectivity index is 1.53. The molecule has 3 heterocycles. The van der Waals surface area contributed by atoms with Crippen molar-refractivity contribution in [3.8, 4) is 0 Å². The number of H-pyrrole nitrogens is 1. The van der Waals surface area contributed by atoms with Gasteiger partial charge < -0.3 is 20.1 Å². The molecular weight excluding hydrogens is 260 g/mol. The highest BCUT2D eigenvalue weighted by molar-refractivity contribution is 5.92. The molecule has 1 aromatic rings. The molecule has 0 radical (unpaired) electrons. The highest BCUT2D eigenvalue weighted by atomic mass is 16.5. The summed E-state index contributed by atoms with van der Waals surface area (Å²) in [6, 6.07) is 0.518. The third kappa shape index (κ3) is 2.84. The number of imidazole rings is 1. The van der Waals surface area contributed by atoms with Crippen LogP contribution in [0.1, 0.15) is 23.3 Å². The first kappa shape index (κ1) is 13.5. The fourth-order valence-corrected chi connectivity index (χ4v) is 3.01. The third-order valence-corrected chi connectivity index (χ3v) is 4.02. The van der Waals surface area contributed by atoms with Crippen molar-refractivity contribution in [2.45, 2.75) is 31.0 Å². The number of carbonyl (C=O) groups is 1. The fourth-order valence-electron chi connectivity index (χ4n) is 3.01. The number of aliphatic hydroxyl groups excluding tert-OH is 1. The molecule has 0 unspecified atom stereocenters. The predicted molar refractivity (Wildman–Crippen MR) is 71.3 cm³/mol. The summed E-state index contributed by atoms with van der Waals surface area (Å²) in [5.74, 6) is -0.111. The van der Waals surface area contributed by atoms with E-state index < -0.39 is 0 Å². The molecule has 2 saturated heterocycles. The molecule has 0 spiro atoms. The normalized spacial score (nSPS) is 30.1. The van der Waals surface area contributed by atoms with Gasteiger partial charge in [0, 0.05) is 31.8 Å². The van der Waals surface area contributed by atoms with Crippen molar-refractivity contribution in [1.29, 1.82) is 0 Å². The molecule has 2 fully saturated rings. The number of fused-ring (bicyclic) bond motifs is 1. The second-order valence-electron chi connectivity index (χ2n) is 5.45. The number of carbonyl (C=O) groups excluding carboxylic acids is 1. The van der Waals surface area contributed by atoms with E-state index in [1.54, 1.807) is 0 Å². The van der Waals surface area contributed by atoms with E-state index in [9.17, 15) is 4.79 Å². The SMILES string of the molecule is O=C(N[C@H]1C[C@H]2CO[C@@H](CCO)CN2C1)c1cnc[nH]1. The predicted octanol–water partition coefficient (Wildman–Crippen LogP) is -0.636. The zero-order chi connectivity index (χ0) is 13.9. The summed E-state index contributed by atoms with van der Waals surface area (Å²) >= 11 is 0. The molecule has 3 rings (SSSR count). The molecule has 110 valence electrons. The summed E-state index contributed by atoms with van der Waals surface area (Å²) in [6.07, 6.45) is 4.72. The van der Waals surface area contributed by atoms with Crippen LogP contribution in [0.5, 0.6) is 0 Å². The highest BCUT2D eigenvalue weighted by Gasteiger charge is 2.37. The molecule has 0 aliphatic carbocycles. The maximum absolute atomic E-state index is 12.0. The number of rotatable bonds is 4. The summed E-state index contributed by atoms with van der Waals surface area (Å²) in [6.45, 7) is 2.52. The van der Waals surface area contributed by atoms with Gasteiger partial charge in [-0.3, -0.25) is 9.69 Å². The van der Waals surface area contributed by atoms with Crippen LogP contribution in [0.4, 0.5) is 0 Å². The third-order valence-electron chi connectivity index (χ3n) is 4.02. The van der Waals surface area contributed by atoms with Crippen molar-refractivity contribution >= 4 is 5.91 Å². The van der Waals surface area contributed by atoms with Crippen LogP contribution in [0.15, 0.2) is 12.5 Å². The minimum Gasteiger partial charge on any atom is -0.396 e. The lowest BCUT2D eigenvalue weighted by molar-refractivity contribution is -0.0566. The van der Waals surface area contributed by atoms with Gasteiger partial charge in [-0.1, -0.05) is 0 Å². The Bertz CT molecular complexity index is 450. The zero-order valence-electron chi connectivity index (χ0n) is 11.3. The number of ether oxygens (including phenoxy) is 1. The number of nitrogens with one attached hydrogen (secondary N) is 2. The molecule has 0 saturated carbocycles. The quantitative estimate of drug-likeness (QED) is 0.683. The van der Waals surface area contributed by atoms with Crippen LogP contribution in [0, 0.1) is 0 Å². The minimum atomic E-state index is -0.111. The standard InChI is InChI=1S/C13H20N4O3/c18-2-1-11-6-17-5-9(3-10(17)7-20-11)16-13(19)12-4-14-8-15-12/h4,8-11,18H,1-3,5-7H2,(H,14,15)(H,16,19)/t9-,10-,11-/m0/s1. The highest BCUT2D eigenvalue weighted by Crippen LogP contribution is 2.24. The molecule has 0 aromatic carbocycles. The molecule has 1 amide bonds. The Morgan fingerprint density at radius 3 is 3.25 bits per heavy atom. The van der Waals surface area contributed by atoms with E-state index in [0.717, 1.165) is 19.5 Å². The Morgan fingerprint density at radius 1 is 1.60 bits per heavy atom. The number of aliphatic hydroxyl groups is 1. The van der Waals surface area contributed by atoms with Gasteiger partial charge in [0.1, 0.15) is 5.69 Å². The first-order valence-electron chi connectivity index (χ1n) is 7.02. The molecule has 3 N–H and O–H groups in total. The van der Waals surface area contributed by atoms with Crippen LogP contribution in [-0.2, 0) is 4.74 Å². The number of nitrogens with zero attached hydrogens (tertiary/aromatic N) is 2. The van der Waals surface area contributed by atoms with Gasteiger partial charge in [-0.05, 0) is 12.8 Å². The van der Waals surface area contributed by atoms with Gasteiger partial charge in [-0.2, -0.15) is 0 Å². The van der Waals surface area contributed by atoms with Gasteiger partial charge in [0.2, 0.25) is 0 Å². The Hall–Kier alpha value is -1.44. The first-order valence-corrected chi connectivity index (χ1v) is 7.02. The minimum absolute atomic E-state index is 0.110. The van der Waals surface area contributed by atoms with E-state index in [-0.39, 0.29) is 24.7 Å². The largest absolute Gasteiger partial charge is 0.396 e. The van der Waals surface area contributed by atoms with Gasteiger partial charge in [-0.15, -0.1) is 0 Å². The van der Waals surface area contributed by atoms with Gasteiger partial charge >= 0.3 is 0 Å². The van der Waals surface area contributed by atoms with Crippen molar-refractivity contribution in [1.82, 2.24) is 20.2 Å². The van der Waals surface area contributed by atoms with Crippen LogP contribution >= 0.6 is 0 Å². The van der Waals surface area contributed by atoms with Crippen molar-refractivity contribution in [3.05, 3.63) is 18.2 Å². The summed E-state index contributed by atoms with van der Waals surface area (Å²) in [4.78, 5) is 21.0. The van der Waals surface area contributed by atoms with Crippen LogP contribution in [-0.4, -0.2) is 70.4 Å². The number of hydrogen-bond donors (Lipinski definition) is 3. The lowest BCUT2D eigenvalue weighted by Gasteiger charge is -2.34. The molecular formula is C13H20N4O3. The molecule has 3 atom stereocenters. The van der Waals surface area contributed by atoms with E-state index in [2.05, 4.69) is 20.2 Å². The number of hydrogen-bond acceptors (Lipinski definition) is 5. The molecule has 20 heavy (non-hydrogen) atoms. The summed E-state index contributed by atoms with van der Waals surface area (Å²) in [7, 11) is 0. The van der Waals surface area contributed by atoms with Crippen LogP contribution < -0.4 is 5.32 Å². The van der Waals surface area contributed by atoms with E-state index in [1.165, 1.54) is 12.5 Å². The average molecular weight is 280 g/mol. The van der Waals surface area contributed by atoms with E-state index in [1.807, 2.05) is 0 Å².